The predicted octanol–water partition coefficient (Wildman–Crippen LogP) is 2.72. The molecule has 7 heteroatoms. The van der Waals surface area contributed by atoms with Crippen molar-refractivity contribution in [2.24, 2.45) is 4.99 Å². The molecule has 0 unspecified atom stereocenters. The van der Waals surface area contributed by atoms with E-state index in [0.29, 0.717) is 25.6 Å². The molecule has 158 valence electrons. The van der Waals surface area contributed by atoms with Gasteiger partial charge in [-0.25, -0.2) is 4.79 Å². The fraction of sp³-hybridized carbons (Fsp3) is 0.619. The highest BCUT2D eigenvalue weighted by Crippen LogP contribution is 2.08. The standard InChI is InChI=1S/C21H37N5O2/c1-7-26(8-2)16-18-11-9-17(10-12-18)15-25-19(22-6)23-13-14-24-20(27)28-21(3,4)5/h9-12H,7-8,13-16H2,1-6H3,(H,24,27)(H2,22,23,25). The van der Waals surface area contributed by atoms with Crippen molar-refractivity contribution in [2.45, 2.75) is 53.3 Å². The van der Waals surface area contributed by atoms with E-state index in [2.05, 4.69) is 64.0 Å². The van der Waals surface area contributed by atoms with Gasteiger partial charge in [-0.2, -0.15) is 0 Å². The summed E-state index contributed by atoms with van der Waals surface area (Å²) in [6.45, 7) is 14.7. The number of rotatable bonds is 9. The zero-order valence-electron chi connectivity index (χ0n) is 18.3. The minimum atomic E-state index is -0.490. The Morgan fingerprint density at radius 1 is 1.00 bits per heavy atom. The van der Waals surface area contributed by atoms with Gasteiger partial charge < -0.3 is 20.7 Å². The zero-order chi connectivity index (χ0) is 21.0. The molecule has 0 aliphatic heterocycles. The number of carbonyl (C=O) groups is 1. The van der Waals surface area contributed by atoms with Gasteiger partial charge >= 0.3 is 6.09 Å². The van der Waals surface area contributed by atoms with Crippen LogP contribution in [0, 0.1) is 0 Å². The van der Waals surface area contributed by atoms with E-state index in [1.165, 1.54) is 11.1 Å². The Morgan fingerprint density at radius 2 is 1.57 bits per heavy atom. The van der Waals surface area contributed by atoms with Gasteiger partial charge in [-0.3, -0.25) is 9.89 Å². The summed E-state index contributed by atoms with van der Waals surface area (Å²) in [5.41, 5.74) is 2.03. The molecule has 0 saturated heterocycles. The lowest BCUT2D eigenvalue weighted by Crippen LogP contribution is -2.42. The van der Waals surface area contributed by atoms with Crippen molar-refractivity contribution in [1.29, 1.82) is 0 Å². The van der Waals surface area contributed by atoms with Crippen LogP contribution in [0.1, 0.15) is 45.7 Å². The molecule has 1 aromatic carbocycles. The quantitative estimate of drug-likeness (QED) is 0.343. The summed E-state index contributed by atoms with van der Waals surface area (Å²) < 4.78 is 5.20. The van der Waals surface area contributed by atoms with Gasteiger partial charge in [-0.1, -0.05) is 38.1 Å². The fourth-order valence-electron chi connectivity index (χ4n) is 2.53. The van der Waals surface area contributed by atoms with Crippen LogP contribution in [0.2, 0.25) is 0 Å². The van der Waals surface area contributed by atoms with Crippen LogP contribution in [-0.2, 0) is 17.8 Å². The topological polar surface area (TPSA) is 78.0 Å². The maximum Gasteiger partial charge on any atom is 0.407 e. The van der Waals surface area contributed by atoms with Gasteiger partial charge in [0.25, 0.3) is 0 Å². The number of aliphatic imine (C=N–C) groups is 1. The summed E-state index contributed by atoms with van der Waals surface area (Å²) in [7, 11) is 1.73. The average Bonchev–Trinajstić information content (AvgIpc) is 2.65. The van der Waals surface area contributed by atoms with E-state index in [9.17, 15) is 4.79 Å². The Bertz CT molecular complexity index is 604. The second kappa shape index (κ2) is 12.2. The minimum absolute atomic E-state index is 0.415. The van der Waals surface area contributed by atoms with Gasteiger partial charge in [0, 0.05) is 33.2 Å². The molecular formula is C21H37N5O2. The maximum atomic E-state index is 11.6. The van der Waals surface area contributed by atoms with Crippen LogP contribution in [0.5, 0.6) is 0 Å². The predicted molar refractivity (Wildman–Crippen MR) is 116 cm³/mol. The summed E-state index contributed by atoms with van der Waals surface area (Å²) in [4.78, 5) is 18.2. The molecule has 0 atom stereocenters. The van der Waals surface area contributed by atoms with Crippen molar-refractivity contribution in [3.63, 3.8) is 0 Å². The van der Waals surface area contributed by atoms with Crippen molar-refractivity contribution in [1.82, 2.24) is 20.9 Å². The third-order valence-corrected chi connectivity index (χ3v) is 4.09. The highest BCUT2D eigenvalue weighted by molar-refractivity contribution is 5.79. The summed E-state index contributed by atoms with van der Waals surface area (Å²) in [5.74, 6) is 0.693. The molecule has 0 spiro atoms. The van der Waals surface area contributed by atoms with Gasteiger partial charge in [0.15, 0.2) is 5.96 Å². The Kier molecular flexibility index (Phi) is 10.4. The van der Waals surface area contributed by atoms with E-state index in [1.54, 1.807) is 7.05 Å². The number of alkyl carbamates (subject to hydrolysis) is 1. The van der Waals surface area contributed by atoms with E-state index in [0.717, 1.165) is 19.6 Å². The van der Waals surface area contributed by atoms with E-state index in [4.69, 9.17) is 4.74 Å². The third kappa shape index (κ3) is 10.2. The average molecular weight is 392 g/mol. The summed E-state index contributed by atoms with van der Waals surface area (Å²) >= 11 is 0. The maximum absolute atomic E-state index is 11.6. The number of hydrogen-bond donors (Lipinski definition) is 3. The number of hydrogen-bond acceptors (Lipinski definition) is 4. The lowest BCUT2D eigenvalue weighted by Gasteiger charge is -2.20. The largest absolute Gasteiger partial charge is 0.444 e. The Labute approximate surface area is 169 Å². The molecule has 0 saturated carbocycles. The first-order chi connectivity index (χ1) is 13.3. The van der Waals surface area contributed by atoms with Gasteiger partial charge in [-0.05, 0) is 45.0 Å². The zero-order valence-corrected chi connectivity index (χ0v) is 18.3. The van der Waals surface area contributed by atoms with Crippen LogP contribution in [0.15, 0.2) is 29.3 Å². The molecule has 0 aromatic heterocycles. The van der Waals surface area contributed by atoms with Crippen LogP contribution in [0.25, 0.3) is 0 Å². The molecular weight excluding hydrogens is 354 g/mol. The first-order valence-electron chi connectivity index (χ1n) is 9.99. The van der Waals surface area contributed by atoms with Gasteiger partial charge in [0.1, 0.15) is 5.60 Å². The molecule has 7 nitrogen and oxygen atoms in total. The van der Waals surface area contributed by atoms with Gasteiger partial charge in [-0.15, -0.1) is 0 Å². The molecule has 0 bridgehead atoms. The fourth-order valence-corrected chi connectivity index (χ4v) is 2.53. The smallest absolute Gasteiger partial charge is 0.407 e. The van der Waals surface area contributed by atoms with Crippen molar-refractivity contribution in [2.75, 3.05) is 33.2 Å². The van der Waals surface area contributed by atoms with E-state index >= 15 is 0 Å². The lowest BCUT2D eigenvalue weighted by atomic mass is 10.1. The van der Waals surface area contributed by atoms with Gasteiger partial charge in [0.2, 0.25) is 0 Å². The summed E-state index contributed by atoms with van der Waals surface area (Å²) in [6, 6.07) is 8.64. The molecule has 0 fully saturated rings. The van der Waals surface area contributed by atoms with Crippen molar-refractivity contribution in [3.05, 3.63) is 35.4 Å². The molecule has 1 aromatic rings. The van der Waals surface area contributed by atoms with Crippen LogP contribution < -0.4 is 16.0 Å². The molecule has 0 radical (unpaired) electrons. The Balaban J connectivity index is 2.33. The normalized spacial score (nSPS) is 12.0. The third-order valence-electron chi connectivity index (χ3n) is 4.09. The molecule has 1 rings (SSSR count). The number of guanidine groups is 1. The first kappa shape index (κ1) is 23.8. The second-order valence-corrected chi connectivity index (χ2v) is 7.56. The lowest BCUT2D eigenvalue weighted by molar-refractivity contribution is 0.0529. The number of amides is 1. The number of benzene rings is 1. The molecule has 1 amide bonds. The van der Waals surface area contributed by atoms with Crippen LogP contribution in [0.3, 0.4) is 0 Å². The number of carbonyl (C=O) groups excluding carboxylic acids is 1. The van der Waals surface area contributed by atoms with E-state index < -0.39 is 11.7 Å². The second-order valence-electron chi connectivity index (χ2n) is 7.56. The van der Waals surface area contributed by atoms with Crippen LogP contribution in [0.4, 0.5) is 4.79 Å². The number of ether oxygens (including phenoxy) is 1. The molecule has 28 heavy (non-hydrogen) atoms. The summed E-state index contributed by atoms with van der Waals surface area (Å²) in [6.07, 6.45) is -0.415. The Hall–Kier alpha value is -2.28. The van der Waals surface area contributed by atoms with E-state index in [-0.39, 0.29) is 0 Å². The van der Waals surface area contributed by atoms with Crippen LogP contribution >= 0.6 is 0 Å². The summed E-state index contributed by atoms with van der Waals surface area (Å²) in [5, 5.41) is 9.17. The Morgan fingerprint density at radius 3 is 2.11 bits per heavy atom. The molecule has 3 N–H and O–H groups in total. The monoisotopic (exact) mass is 391 g/mol. The number of nitrogens with zero attached hydrogens (tertiary/aromatic N) is 2. The number of nitrogens with one attached hydrogen (secondary N) is 3. The van der Waals surface area contributed by atoms with Crippen molar-refractivity contribution in [3.8, 4) is 0 Å². The molecule has 0 aliphatic rings. The highest BCUT2D eigenvalue weighted by atomic mass is 16.6. The minimum Gasteiger partial charge on any atom is -0.444 e. The molecule has 0 heterocycles. The highest BCUT2D eigenvalue weighted by Gasteiger charge is 2.15. The molecule has 0 aliphatic carbocycles. The van der Waals surface area contributed by atoms with Crippen molar-refractivity contribution < 1.29 is 9.53 Å². The van der Waals surface area contributed by atoms with Crippen LogP contribution in [-0.4, -0.2) is 55.8 Å². The first-order valence-corrected chi connectivity index (χ1v) is 9.99. The van der Waals surface area contributed by atoms with Gasteiger partial charge in [0.05, 0.1) is 0 Å². The van der Waals surface area contributed by atoms with Crippen molar-refractivity contribution >= 4 is 12.1 Å². The van der Waals surface area contributed by atoms with E-state index in [1.807, 2.05) is 20.8 Å². The SMILES string of the molecule is CCN(CC)Cc1ccc(CNC(=NC)NCCNC(=O)OC(C)(C)C)cc1.